The van der Waals surface area contributed by atoms with Gasteiger partial charge in [-0.1, -0.05) is 31.9 Å². The fraction of sp³-hybridized carbons (Fsp3) is 0.143. The number of thiophene rings is 2. The van der Waals surface area contributed by atoms with Gasteiger partial charge in [-0.25, -0.2) is 0 Å². The predicted molar refractivity (Wildman–Crippen MR) is 90.3 cm³/mol. The monoisotopic (exact) mass is 416 g/mol. The van der Waals surface area contributed by atoms with E-state index in [1.165, 1.54) is 9.40 Å². The van der Waals surface area contributed by atoms with Crippen LogP contribution in [0.3, 0.4) is 0 Å². The average Bonchev–Trinajstić information content (AvgIpc) is 2.93. The van der Waals surface area contributed by atoms with Crippen molar-refractivity contribution in [2.24, 2.45) is 0 Å². The SMILES string of the molecule is Cc1cc(Br)c(C(O)c2cc3sccc3s2)cc1Br. The van der Waals surface area contributed by atoms with Crippen LogP contribution in [0.1, 0.15) is 22.1 Å². The Morgan fingerprint density at radius 2 is 1.89 bits per heavy atom. The first-order chi connectivity index (χ1) is 9.06. The molecule has 19 heavy (non-hydrogen) atoms. The van der Waals surface area contributed by atoms with E-state index in [-0.39, 0.29) is 0 Å². The van der Waals surface area contributed by atoms with E-state index >= 15 is 0 Å². The van der Waals surface area contributed by atoms with Crippen LogP contribution in [0.25, 0.3) is 9.40 Å². The van der Waals surface area contributed by atoms with E-state index in [0.717, 1.165) is 24.9 Å². The molecule has 0 radical (unpaired) electrons. The fourth-order valence-electron chi connectivity index (χ4n) is 1.94. The Morgan fingerprint density at radius 3 is 2.63 bits per heavy atom. The lowest BCUT2D eigenvalue weighted by Gasteiger charge is -2.13. The molecule has 2 aromatic heterocycles. The highest BCUT2D eigenvalue weighted by molar-refractivity contribution is 9.11. The van der Waals surface area contributed by atoms with E-state index in [1.807, 2.05) is 19.1 Å². The number of halogens is 2. The van der Waals surface area contributed by atoms with E-state index in [4.69, 9.17) is 0 Å². The topological polar surface area (TPSA) is 20.2 Å². The van der Waals surface area contributed by atoms with Gasteiger partial charge < -0.3 is 5.11 Å². The molecule has 0 aliphatic heterocycles. The third-order valence-corrected chi connectivity index (χ3v) is 6.69. The summed E-state index contributed by atoms with van der Waals surface area (Å²) in [6.07, 6.45) is -0.587. The van der Waals surface area contributed by atoms with Crippen LogP contribution in [-0.2, 0) is 0 Å². The van der Waals surface area contributed by atoms with E-state index in [2.05, 4.69) is 49.4 Å². The first-order valence-electron chi connectivity index (χ1n) is 5.67. The van der Waals surface area contributed by atoms with Gasteiger partial charge in [0.05, 0.1) is 0 Å². The molecule has 0 aliphatic carbocycles. The molecule has 0 saturated carbocycles. The second kappa shape index (κ2) is 5.30. The van der Waals surface area contributed by atoms with Gasteiger partial charge in [-0.3, -0.25) is 0 Å². The third-order valence-electron chi connectivity index (χ3n) is 3.00. The van der Waals surface area contributed by atoms with Crippen molar-refractivity contribution in [1.82, 2.24) is 0 Å². The van der Waals surface area contributed by atoms with E-state index in [1.54, 1.807) is 22.7 Å². The van der Waals surface area contributed by atoms with Gasteiger partial charge in [0.15, 0.2) is 0 Å². The van der Waals surface area contributed by atoms with Gasteiger partial charge >= 0.3 is 0 Å². The van der Waals surface area contributed by atoms with Crippen molar-refractivity contribution in [2.75, 3.05) is 0 Å². The Labute approximate surface area is 136 Å². The normalized spacial score (nSPS) is 13.1. The molecule has 3 aromatic rings. The van der Waals surface area contributed by atoms with Crippen LogP contribution in [-0.4, -0.2) is 5.11 Å². The number of hydrogen-bond donors (Lipinski definition) is 1. The number of hydrogen-bond acceptors (Lipinski definition) is 3. The zero-order valence-corrected chi connectivity index (χ0v) is 14.8. The van der Waals surface area contributed by atoms with Crippen molar-refractivity contribution in [3.05, 3.63) is 54.6 Å². The Kier molecular flexibility index (Phi) is 3.84. The molecule has 3 rings (SSSR count). The minimum Gasteiger partial charge on any atom is -0.383 e. The Bertz CT molecular complexity index is 717. The second-order valence-corrected chi connectivity index (χ2v) is 8.10. The molecule has 98 valence electrons. The highest BCUT2D eigenvalue weighted by Crippen LogP contribution is 2.39. The van der Waals surface area contributed by atoms with Crippen molar-refractivity contribution in [1.29, 1.82) is 0 Å². The van der Waals surface area contributed by atoms with Crippen LogP contribution in [0.4, 0.5) is 0 Å². The summed E-state index contributed by atoms with van der Waals surface area (Å²) in [5.74, 6) is 0. The number of rotatable bonds is 2. The molecule has 1 nitrogen and oxygen atoms in total. The van der Waals surface area contributed by atoms with Crippen molar-refractivity contribution < 1.29 is 5.11 Å². The molecular formula is C14H10Br2OS2. The Hall–Kier alpha value is -0.200. The van der Waals surface area contributed by atoms with Crippen LogP contribution >= 0.6 is 54.5 Å². The van der Waals surface area contributed by atoms with E-state index in [9.17, 15) is 5.11 Å². The number of fused-ring (bicyclic) bond motifs is 1. The molecular weight excluding hydrogens is 408 g/mol. The molecule has 2 heterocycles. The van der Waals surface area contributed by atoms with E-state index < -0.39 is 6.10 Å². The fourth-order valence-corrected chi connectivity index (χ4v) is 5.10. The zero-order chi connectivity index (χ0) is 13.6. The smallest absolute Gasteiger partial charge is 0.114 e. The maximum Gasteiger partial charge on any atom is 0.114 e. The summed E-state index contributed by atoms with van der Waals surface area (Å²) in [4.78, 5) is 0.985. The first-order valence-corrected chi connectivity index (χ1v) is 8.95. The van der Waals surface area contributed by atoms with Crippen molar-refractivity contribution in [3.8, 4) is 0 Å². The summed E-state index contributed by atoms with van der Waals surface area (Å²) < 4.78 is 4.43. The molecule has 0 aliphatic rings. The average molecular weight is 418 g/mol. The highest BCUT2D eigenvalue weighted by Gasteiger charge is 2.18. The van der Waals surface area contributed by atoms with Gasteiger partial charge in [0.1, 0.15) is 6.10 Å². The first kappa shape index (κ1) is 13.8. The largest absolute Gasteiger partial charge is 0.383 e. The summed E-state index contributed by atoms with van der Waals surface area (Å²) >= 11 is 10.4. The molecule has 0 fully saturated rings. The maximum absolute atomic E-state index is 10.6. The lowest BCUT2D eigenvalue weighted by atomic mass is 10.1. The van der Waals surface area contributed by atoms with Gasteiger partial charge in [0, 0.05) is 28.8 Å². The number of benzene rings is 1. The summed E-state index contributed by atoms with van der Waals surface area (Å²) in [5, 5.41) is 12.7. The molecule has 0 amide bonds. The van der Waals surface area contributed by atoms with Crippen LogP contribution < -0.4 is 0 Å². The van der Waals surface area contributed by atoms with Gasteiger partial charge in [0.25, 0.3) is 0 Å². The van der Waals surface area contributed by atoms with Gasteiger partial charge in [-0.05, 0) is 42.1 Å². The van der Waals surface area contributed by atoms with Crippen molar-refractivity contribution in [2.45, 2.75) is 13.0 Å². The molecule has 1 aromatic carbocycles. The highest BCUT2D eigenvalue weighted by atomic mass is 79.9. The molecule has 1 unspecified atom stereocenters. The van der Waals surface area contributed by atoms with Crippen LogP contribution in [0.2, 0.25) is 0 Å². The molecule has 1 N–H and O–H groups in total. The quantitative estimate of drug-likeness (QED) is 0.552. The van der Waals surface area contributed by atoms with Crippen LogP contribution in [0.15, 0.2) is 38.6 Å². The standard InChI is InChI=1S/C14H10Br2OS2/c1-7-4-10(16)8(5-9(7)15)14(17)13-6-12-11(19-13)2-3-18-12/h2-6,14,17H,1H3. The zero-order valence-electron chi connectivity index (χ0n) is 9.98. The predicted octanol–water partition coefficient (Wildman–Crippen LogP) is 5.88. The Morgan fingerprint density at radius 1 is 1.11 bits per heavy atom. The second-order valence-electron chi connectivity index (χ2n) is 4.32. The number of aliphatic hydroxyl groups excluding tert-OH is 1. The van der Waals surface area contributed by atoms with Gasteiger partial charge in [0.2, 0.25) is 0 Å². The number of aryl methyl sites for hydroxylation is 1. The third kappa shape index (κ3) is 2.54. The lowest BCUT2D eigenvalue weighted by Crippen LogP contribution is -1.99. The van der Waals surface area contributed by atoms with Crippen molar-refractivity contribution in [3.63, 3.8) is 0 Å². The molecule has 0 spiro atoms. The number of aliphatic hydroxyl groups is 1. The molecule has 1 atom stereocenters. The minimum atomic E-state index is -0.587. The molecule has 0 bridgehead atoms. The van der Waals surface area contributed by atoms with E-state index in [0.29, 0.717) is 0 Å². The summed E-state index contributed by atoms with van der Waals surface area (Å²) in [6, 6.07) is 8.19. The van der Waals surface area contributed by atoms with Gasteiger partial charge in [-0.2, -0.15) is 0 Å². The maximum atomic E-state index is 10.6. The van der Waals surface area contributed by atoms with Crippen molar-refractivity contribution >= 4 is 63.9 Å². The van der Waals surface area contributed by atoms with Crippen LogP contribution in [0.5, 0.6) is 0 Å². The van der Waals surface area contributed by atoms with Gasteiger partial charge in [-0.15, -0.1) is 22.7 Å². The Balaban J connectivity index is 2.06. The lowest BCUT2D eigenvalue weighted by molar-refractivity contribution is 0.223. The minimum absolute atomic E-state index is 0.587. The summed E-state index contributed by atoms with van der Waals surface area (Å²) in [6.45, 7) is 2.03. The molecule has 5 heteroatoms. The molecule has 0 saturated heterocycles. The summed E-state index contributed by atoms with van der Waals surface area (Å²) in [5.41, 5.74) is 2.04. The van der Waals surface area contributed by atoms with Crippen LogP contribution in [0, 0.1) is 6.92 Å². The summed E-state index contributed by atoms with van der Waals surface area (Å²) in [7, 11) is 0.